The molecule has 3 heteroatoms. The minimum atomic E-state index is -0.718. The van der Waals surface area contributed by atoms with Crippen molar-refractivity contribution < 1.29 is 4.74 Å². The summed E-state index contributed by atoms with van der Waals surface area (Å²) in [5.41, 5.74) is 30.4. The third-order valence-corrected chi connectivity index (χ3v) is 20.8. The predicted octanol–water partition coefficient (Wildman–Crippen LogP) is 24.0. The van der Waals surface area contributed by atoms with Gasteiger partial charge in [-0.25, -0.2) is 0 Å². The van der Waals surface area contributed by atoms with Gasteiger partial charge in [0.2, 0.25) is 0 Å². The molecule has 0 bridgehead atoms. The minimum absolute atomic E-state index is 0.196. The largest absolute Gasteiger partial charge is 0.489 e. The number of hydrogen-bond acceptors (Lipinski definition) is 3. The first-order chi connectivity index (χ1) is 45.5. The normalized spacial score (nSPS) is 14.2. The zero-order chi connectivity index (χ0) is 63.0. The van der Waals surface area contributed by atoms with Crippen LogP contribution in [0.5, 0.6) is 5.75 Å². The van der Waals surface area contributed by atoms with Crippen LogP contribution in [0.3, 0.4) is 0 Å². The van der Waals surface area contributed by atoms with Crippen molar-refractivity contribution in [3.8, 4) is 61.4 Å². The average Bonchev–Trinajstić information content (AvgIpc) is 1.56. The molecule has 1 atom stereocenters. The summed E-state index contributed by atoms with van der Waals surface area (Å²) in [7, 11) is 0. The number of benzene rings is 13. The van der Waals surface area contributed by atoms with Crippen LogP contribution in [0.2, 0.25) is 0 Å². The van der Waals surface area contributed by atoms with Gasteiger partial charge < -0.3 is 14.5 Å². The fourth-order valence-electron chi connectivity index (χ4n) is 15.6. The maximum absolute atomic E-state index is 6.64. The van der Waals surface area contributed by atoms with Gasteiger partial charge in [-0.1, -0.05) is 266 Å². The van der Waals surface area contributed by atoms with Crippen LogP contribution in [0.25, 0.3) is 55.6 Å². The Labute approximate surface area is 548 Å². The molecule has 0 aliphatic heterocycles. The molecule has 16 rings (SSSR count). The van der Waals surface area contributed by atoms with Gasteiger partial charge in [-0.15, -0.1) is 0 Å². The molecule has 450 valence electrons. The Bertz CT molecular complexity index is 4690. The van der Waals surface area contributed by atoms with Crippen LogP contribution in [0.15, 0.2) is 309 Å². The number of fused-ring (bicyclic) bond motifs is 9. The molecule has 0 saturated carbocycles. The van der Waals surface area contributed by atoms with E-state index in [2.05, 4.69) is 361 Å². The fraction of sp³-hybridized carbons (Fsp3) is 0.133. The van der Waals surface area contributed by atoms with E-state index in [0.717, 1.165) is 51.9 Å². The minimum Gasteiger partial charge on any atom is -0.489 e. The van der Waals surface area contributed by atoms with Gasteiger partial charge in [0.05, 0.1) is 5.41 Å². The van der Waals surface area contributed by atoms with Crippen molar-refractivity contribution in [2.75, 3.05) is 9.80 Å². The molecule has 93 heavy (non-hydrogen) atoms. The van der Waals surface area contributed by atoms with Crippen molar-refractivity contribution >= 4 is 34.1 Å². The van der Waals surface area contributed by atoms with Gasteiger partial charge in [0.25, 0.3) is 0 Å². The smallest absolute Gasteiger partial charge is 0.119 e. The summed E-state index contributed by atoms with van der Waals surface area (Å²) in [5, 5.41) is 0. The standard InChI is InChI=1S/C90H74N2O/c1-7-60(2)62-33-31-61(32-34-62)59-93-75-49-39-68(40-50-75)90(67-25-15-10-16-26-67)84-53-47-71(91(69-41-35-65(36-42-69)63-21-11-8-12-22-63)73-45-51-78-76-27-17-19-29-82(76)88(3,4)86(78)57-73)55-80(84)81-56-72(48-54-85(81)90)92(70-43-37-66(38-44-70)64-23-13-9-14-24-64)74-46-52-79-77-28-18-20-30-83(77)89(5,6)87(79)58-74/h8-58,60H,7,59H2,1-6H3. The van der Waals surface area contributed by atoms with Gasteiger partial charge in [0, 0.05) is 45.0 Å². The molecule has 13 aromatic rings. The van der Waals surface area contributed by atoms with Crippen LogP contribution in [0, 0.1) is 0 Å². The number of nitrogens with zero attached hydrogens (tertiary/aromatic N) is 2. The molecule has 1 unspecified atom stereocenters. The van der Waals surface area contributed by atoms with E-state index >= 15 is 0 Å². The second kappa shape index (κ2) is 22.9. The Balaban J connectivity index is 0.900. The SMILES string of the molecule is CCC(C)c1ccc(COc2ccc(C3(c4ccccc4)c4ccc(N(c5ccc(-c6ccccc6)cc5)c5ccc6c(c5)C(C)(C)c5ccccc5-6)cc4-c4cc(N(c5ccc(-c6ccccc6)cc5)c5ccc6c(c5)C(C)(C)c5ccccc5-6)ccc43)cc2)cc1. The first kappa shape index (κ1) is 57.4. The molecule has 3 nitrogen and oxygen atoms in total. The van der Waals surface area contributed by atoms with Gasteiger partial charge in [-0.2, -0.15) is 0 Å². The Morgan fingerprint density at radius 3 is 1.15 bits per heavy atom. The van der Waals surface area contributed by atoms with E-state index in [1.54, 1.807) is 0 Å². The lowest BCUT2D eigenvalue weighted by Gasteiger charge is -2.35. The molecule has 3 aliphatic rings. The number of rotatable bonds is 15. The van der Waals surface area contributed by atoms with Crippen molar-refractivity contribution in [3.05, 3.63) is 365 Å². The Morgan fingerprint density at radius 1 is 0.312 bits per heavy atom. The predicted molar refractivity (Wildman–Crippen MR) is 389 cm³/mol. The van der Waals surface area contributed by atoms with E-state index in [9.17, 15) is 0 Å². The number of ether oxygens (including phenoxy) is 1. The average molecular weight is 1200 g/mol. The van der Waals surface area contributed by atoms with Crippen LogP contribution >= 0.6 is 0 Å². The molecule has 0 fully saturated rings. The molecular formula is C90H74N2O. The molecule has 13 aromatic carbocycles. The van der Waals surface area contributed by atoms with Crippen LogP contribution in [0.4, 0.5) is 34.1 Å². The van der Waals surface area contributed by atoms with Crippen molar-refractivity contribution in [3.63, 3.8) is 0 Å². The summed E-state index contributed by atoms with van der Waals surface area (Å²) in [5.74, 6) is 1.36. The molecular weight excluding hydrogens is 1130 g/mol. The summed E-state index contributed by atoms with van der Waals surface area (Å²) in [6, 6.07) is 116. The maximum atomic E-state index is 6.64. The zero-order valence-corrected chi connectivity index (χ0v) is 53.7. The highest BCUT2D eigenvalue weighted by molar-refractivity contribution is 5.95. The van der Waals surface area contributed by atoms with Gasteiger partial charge >= 0.3 is 0 Å². The molecule has 0 amide bonds. The molecule has 3 aliphatic carbocycles. The lowest BCUT2D eigenvalue weighted by Crippen LogP contribution is -2.28. The van der Waals surface area contributed by atoms with Crippen LogP contribution in [0.1, 0.15) is 110 Å². The highest BCUT2D eigenvalue weighted by Crippen LogP contribution is 2.60. The van der Waals surface area contributed by atoms with Crippen molar-refractivity contribution in [2.24, 2.45) is 0 Å². The highest BCUT2D eigenvalue weighted by Gasteiger charge is 2.47. The second-order valence-electron chi connectivity index (χ2n) is 26.7. The quantitative estimate of drug-likeness (QED) is 0.102. The van der Waals surface area contributed by atoms with Gasteiger partial charge in [-0.3, -0.25) is 0 Å². The highest BCUT2D eigenvalue weighted by atomic mass is 16.5. The van der Waals surface area contributed by atoms with Crippen molar-refractivity contribution in [1.82, 2.24) is 0 Å². The Kier molecular flexibility index (Phi) is 14.1. The van der Waals surface area contributed by atoms with Crippen molar-refractivity contribution in [2.45, 2.75) is 76.7 Å². The molecule has 0 aromatic heterocycles. The van der Waals surface area contributed by atoms with Gasteiger partial charge in [-0.05, 0) is 209 Å². The number of hydrogen-bond donors (Lipinski definition) is 0. The summed E-state index contributed by atoms with van der Waals surface area (Å²) in [6.45, 7) is 14.5. The summed E-state index contributed by atoms with van der Waals surface area (Å²) >= 11 is 0. The topological polar surface area (TPSA) is 15.7 Å². The first-order valence-electron chi connectivity index (χ1n) is 33.0. The molecule has 0 radical (unpaired) electrons. The lowest BCUT2D eigenvalue weighted by atomic mass is 9.67. The van der Waals surface area contributed by atoms with E-state index < -0.39 is 5.41 Å². The molecule has 0 saturated heterocycles. The lowest BCUT2D eigenvalue weighted by molar-refractivity contribution is 0.306. The summed E-state index contributed by atoms with van der Waals surface area (Å²) in [6.07, 6.45) is 1.11. The fourth-order valence-corrected chi connectivity index (χ4v) is 15.6. The van der Waals surface area contributed by atoms with Crippen molar-refractivity contribution in [1.29, 1.82) is 0 Å². The first-order valence-corrected chi connectivity index (χ1v) is 33.0. The van der Waals surface area contributed by atoms with Gasteiger partial charge in [0.1, 0.15) is 12.4 Å². The maximum Gasteiger partial charge on any atom is 0.119 e. The van der Waals surface area contributed by atoms with Gasteiger partial charge in [0.15, 0.2) is 0 Å². The van der Waals surface area contributed by atoms with E-state index in [0.29, 0.717) is 12.5 Å². The third-order valence-electron chi connectivity index (χ3n) is 20.8. The second-order valence-corrected chi connectivity index (χ2v) is 26.7. The molecule has 0 heterocycles. The molecule has 0 N–H and O–H groups in total. The van der Waals surface area contributed by atoms with Crippen LogP contribution in [-0.4, -0.2) is 0 Å². The Hall–Kier alpha value is -10.7. The van der Waals surface area contributed by atoms with E-state index in [1.807, 2.05) is 0 Å². The third kappa shape index (κ3) is 9.63. The van der Waals surface area contributed by atoms with E-state index in [-0.39, 0.29) is 10.8 Å². The van der Waals surface area contributed by atoms with E-state index in [4.69, 9.17) is 4.74 Å². The summed E-state index contributed by atoms with van der Waals surface area (Å²) in [4.78, 5) is 4.96. The molecule has 0 spiro atoms. The number of anilines is 6. The van der Waals surface area contributed by atoms with E-state index in [1.165, 1.54) is 106 Å². The summed E-state index contributed by atoms with van der Waals surface area (Å²) < 4.78 is 6.64. The van der Waals surface area contributed by atoms with Crippen LogP contribution < -0.4 is 14.5 Å². The van der Waals surface area contributed by atoms with Crippen LogP contribution in [-0.2, 0) is 22.9 Å². The monoisotopic (exact) mass is 1200 g/mol. The Morgan fingerprint density at radius 2 is 0.688 bits per heavy atom. The zero-order valence-electron chi connectivity index (χ0n) is 53.7.